The first-order valence-electron chi connectivity index (χ1n) is 8.95. The minimum absolute atomic E-state index is 0.165. The molecule has 0 amide bonds. The van der Waals surface area contributed by atoms with Crippen LogP contribution in [0.2, 0.25) is 0 Å². The molecule has 0 aliphatic rings. The van der Waals surface area contributed by atoms with Crippen LogP contribution in [0.3, 0.4) is 0 Å². The number of nitrogens with zero attached hydrogens (tertiary/aromatic N) is 8. The lowest BCUT2D eigenvalue weighted by molar-refractivity contribution is 0.529. The highest BCUT2D eigenvalue weighted by molar-refractivity contribution is 5.70. The molecular formula is C17H20N8O4. The smallest absolute Gasteiger partial charge is 0.328 e. The lowest BCUT2D eigenvalue weighted by Crippen LogP contribution is -2.40. The van der Waals surface area contributed by atoms with Crippen LogP contribution >= 0.6 is 0 Å². The first kappa shape index (κ1) is 18.7. The van der Waals surface area contributed by atoms with Crippen molar-refractivity contribution in [2.75, 3.05) is 0 Å². The van der Waals surface area contributed by atoms with E-state index in [-0.39, 0.29) is 6.54 Å². The number of aromatic nitrogens is 8. The maximum Gasteiger partial charge on any atom is 0.332 e. The Bertz CT molecular complexity index is 1510. The fourth-order valence-corrected chi connectivity index (χ4v) is 3.56. The van der Waals surface area contributed by atoms with Gasteiger partial charge in [0.2, 0.25) is 0 Å². The molecule has 4 rings (SSSR count). The molecule has 152 valence electrons. The van der Waals surface area contributed by atoms with Gasteiger partial charge in [-0.15, -0.1) is 0 Å². The van der Waals surface area contributed by atoms with Crippen LogP contribution in [0.4, 0.5) is 0 Å². The molecule has 0 spiro atoms. The van der Waals surface area contributed by atoms with Crippen molar-refractivity contribution in [3.63, 3.8) is 0 Å². The van der Waals surface area contributed by atoms with Gasteiger partial charge < -0.3 is 9.13 Å². The molecule has 29 heavy (non-hydrogen) atoms. The predicted octanol–water partition coefficient (Wildman–Crippen LogP) is -1.73. The van der Waals surface area contributed by atoms with Gasteiger partial charge in [-0.2, -0.15) is 0 Å². The average Bonchev–Trinajstić information content (AvgIpc) is 3.29. The van der Waals surface area contributed by atoms with Crippen molar-refractivity contribution in [1.82, 2.24) is 37.4 Å². The van der Waals surface area contributed by atoms with Crippen molar-refractivity contribution >= 4 is 22.3 Å². The van der Waals surface area contributed by atoms with Crippen molar-refractivity contribution in [3.8, 4) is 0 Å². The summed E-state index contributed by atoms with van der Waals surface area (Å²) in [5.41, 5.74) is -0.462. The molecule has 0 unspecified atom stereocenters. The quantitative estimate of drug-likeness (QED) is 0.401. The van der Waals surface area contributed by atoms with Crippen LogP contribution in [0, 0.1) is 0 Å². The lowest BCUT2D eigenvalue weighted by atomic mass is 10.4. The second-order valence-electron chi connectivity index (χ2n) is 7.00. The molecule has 0 aliphatic carbocycles. The van der Waals surface area contributed by atoms with E-state index < -0.39 is 22.5 Å². The van der Waals surface area contributed by atoms with Crippen molar-refractivity contribution in [2.45, 2.75) is 19.5 Å². The zero-order valence-electron chi connectivity index (χ0n) is 16.5. The molecule has 4 aromatic rings. The fraction of sp³-hybridized carbons (Fsp3) is 0.412. The molecule has 0 aliphatic heterocycles. The van der Waals surface area contributed by atoms with Crippen LogP contribution < -0.4 is 22.5 Å². The Morgan fingerprint density at radius 3 is 2.07 bits per heavy atom. The zero-order chi connectivity index (χ0) is 21.0. The minimum atomic E-state index is -0.452. The number of hydrogen-bond acceptors (Lipinski definition) is 6. The van der Waals surface area contributed by atoms with Crippen LogP contribution in [0.15, 0.2) is 31.8 Å². The summed E-state index contributed by atoms with van der Waals surface area (Å²) in [6, 6.07) is 0. The Balaban J connectivity index is 1.70. The van der Waals surface area contributed by atoms with Crippen molar-refractivity contribution in [3.05, 3.63) is 54.3 Å². The molecule has 0 atom stereocenters. The maximum absolute atomic E-state index is 12.7. The van der Waals surface area contributed by atoms with Crippen LogP contribution in [-0.4, -0.2) is 37.4 Å². The van der Waals surface area contributed by atoms with Gasteiger partial charge in [0, 0.05) is 41.3 Å². The summed E-state index contributed by atoms with van der Waals surface area (Å²) in [4.78, 5) is 58.1. The standard InChI is InChI=1S/C17H20N8O4/c1-20-8-18-12-10(20)15(27)25(17(29)22(12)3)7-5-6-24-9-19-13-11(24)14(26)23(4)16(28)21(13)2/h8-9H,5-7H2,1-4H3. The largest absolute Gasteiger partial charge is 0.332 e. The third-order valence-corrected chi connectivity index (χ3v) is 5.20. The molecule has 0 bridgehead atoms. The molecule has 4 heterocycles. The van der Waals surface area contributed by atoms with Crippen LogP contribution in [0.25, 0.3) is 22.3 Å². The van der Waals surface area contributed by atoms with Gasteiger partial charge in [-0.1, -0.05) is 0 Å². The normalized spacial score (nSPS) is 11.7. The molecule has 0 N–H and O–H groups in total. The van der Waals surface area contributed by atoms with Gasteiger partial charge in [-0.25, -0.2) is 19.6 Å². The van der Waals surface area contributed by atoms with E-state index in [0.717, 1.165) is 9.13 Å². The molecule has 0 aromatic carbocycles. The summed E-state index contributed by atoms with van der Waals surface area (Å²) in [7, 11) is 6.23. The Labute approximate surface area is 162 Å². The van der Waals surface area contributed by atoms with Gasteiger partial charge in [0.1, 0.15) is 0 Å². The molecule has 12 nitrogen and oxygen atoms in total. The van der Waals surface area contributed by atoms with Gasteiger partial charge in [0.25, 0.3) is 11.1 Å². The van der Waals surface area contributed by atoms with Gasteiger partial charge in [0.05, 0.1) is 12.7 Å². The highest BCUT2D eigenvalue weighted by atomic mass is 16.2. The van der Waals surface area contributed by atoms with E-state index in [1.54, 1.807) is 30.3 Å². The maximum atomic E-state index is 12.7. The molecule has 0 radical (unpaired) electrons. The van der Waals surface area contributed by atoms with Gasteiger partial charge in [-0.3, -0.25) is 27.9 Å². The third-order valence-electron chi connectivity index (χ3n) is 5.20. The summed E-state index contributed by atoms with van der Waals surface area (Å²) >= 11 is 0. The van der Waals surface area contributed by atoms with E-state index in [2.05, 4.69) is 9.97 Å². The zero-order valence-corrected chi connectivity index (χ0v) is 16.5. The fourth-order valence-electron chi connectivity index (χ4n) is 3.56. The number of imidazole rings is 2. The lowest BCUT2D eigenvalue weighted by Gasteiger charge is -2.10. The molecule has 0 fully saturated rings. The summed E-state index contributed by atoms with van der Waals surface area (Å²) in [5.74, 6) is 0. The van der Waals surface area contributed by atoms with Gasteiger partial charge >= 0.3 is 11.4 Å². The van der Waals surface area contributed by atoms with Gasteiger partial charge in [0.15, 0.2) is 22.3 Å². The van der Waals surface area contributed by atoms with Gasteiger partial charge in [-0.05, 0) is 6.42 Å². The Kier molecular flexibility index (Phi) is 4.14. The van der Waals surface area contributed by atoms with E-state index >= 15 is 0 Å². The Morgan fingerprint density at radius 1 is 0.724 bits per heavy atom. The van der Waals surface area contributed by atoms with E-state index in [4.69, 9.17) is 0 Å². The molecular weight excluding hydrogens is 380 g/mol. The topological polar surface area (TPSA) is 124 Å². The van der Waals surface area contributed by atoms with Crippen molar-refractivity contribution in [2.24, 2.45) is 28.2 Å². The van der Waals surface area contributed by atoms with Crippen molar-refractivity contribution in [1.29, 1.82) is 0 Å². The van der Waals surface area contributed by atoms with E-state index in [1.165, 1.54) is 28.8 Å². The third kappa shape index (κ3) is 2.59. The van der Waals surface area contributed by atoms with E-state index in [9.17, 15) is 19.2 Å². The van der Waals surface area contributed by atoms with Crippen LogP contribution in [0.1, 0.15) is 6.42 Å². The molecule has 12 heteroatoms. The highest BCUT2D eigenvalue weighted by Gasteiger charge is 2.16. The summed E-state index contributed by atoms with van der Waals surface area (Å²) in [6.07, 6.45) is 3.39. The number of rotatable bonds is 4. The molecule has 4 aromatic heterocycles. The number of hydrogen-bond donors (Lipinski definition) is 0. The molecule has 0 saturated carbocycles. The summed E-state index contributed by atoms with van der Waals surface area (Å²) in [5, 5.41) is 0. The number of fused-ring (bicyclic) bond motifs is 2. The first-order chi connectivity index (χ1) is 13.7. The average molecular weight is 400 g/mol. The Morgan fingerprint density at radius 2 is 1.34 bits per heavy atom. The van der Waals surface area contributed by atoms with Crippen molar-refractivity contribution < 1.29 is 0 Å². The number of aryl methyl sites for hydroxylation is 4. The second-order valence-corrected chi connectivity index (χ2v) is 7.00. The minimum Gasteiger partial charge on any atom is -0.328 e. The first-order valence-corrected chi connectivity index (χ1v) is 8.95. The highest BCUT2D eigenvalue weighted by Crippen LogP contribution is 2.07. The summed E-state index contributed by atoms with van der Waals surface area (Å²) in [6.45, 7) is 0.515. The SMILES string of the molecule is Cn1c(=O)c2c(ncn2CCCn2c(=O)c3c(ncn3C)n(C)c2=O)n(C)c1=O. The van der Waals surface area contributed by atoms with Crippen LogP contribution in [-0.2, 0) is 41.3 Å². The second kappa shape index (κ2) is 6.43. The van der Waals surface area contributed by atoms with E-state index in [0.29, 0.717) is 35.3 Å². The molecule has 0 saturated heterocycles. The van der Waals surface area contributed by atoms with E-state index in [1.807, 2.05) is 0 Å². The Hall–Kier alpha value is -3.70. The summed E-state index contributed by atoms with van der Waals surface area (Å²) < 4.78 is 8.06. The van der Waals surface area contributed by atoms with Crippen LogP contribution in [0.5, 0.6) is 0 Å². The predicted molar refractivity (Wildman–Crippen MR) is 105 cm³/mol. The monoisotopic (exact) mass is 400 g/mol.